The summed E-state index contributed by atoms with van der Waals surface area (Å²) in [7, 11) is 4.16. The quantitative estimate of drug-likeness (QED) is 0.245. The molecule has 0 unspecified atom stereocenters. The first-order valence-corrected chi connectivity index (χ1v) is 13.4. The molecule has 0 saturated heterocycles. The lowest BCUT2D eigenvalue weighted by atomic mass is 9.97. The fraction of sp³-hybridized carbons (Fsp3) is 0.333. The Labute approximate surface area is 250 Å². The molecular formula is C30H29ClF3NO8. The zero-order valence-electron chi connectivity index (χ0n) is 23.7. The molecule has 3 aromatic carbocycles. The molecule has 0 spiro atoms. The summed E-state index contributed by atoms with van der Waals surface area (Å²) in [4.78, 5) is 28.2. The molecule has 3 aromatic rings. The molecular weight excluding hydrogens is 595 g/mol. The molecule has 1 aliphatic heterocycles. The fourth-order valence-electron chi connectivity index (χ4n) is 4.80. The van der Waals surface area contributed by atoms with Crippen LogP contribution < -0.4 is 23.8 Å². The minimum absolute atomic E-state index is 0.0234. The summed E-state index contributed by atoms with van der Waals surface area (Å²) in [6, 6.07) is 13.7. The van der Waals surface area contributed by atoms with Crippen molar-refractivity contribution in [2.45, 2.75) is 38.5 Å². The molecule has 230 valence electrons. The van der Waals surface area contributed by atoms with Gasteiger partial charge in [-0.25, -0.2) is 0 Å². The van der Waals surface area contributed by atoms with E-state index in [9.17, 15) is 22.8 Å². The number of fused-ring (bicyclic) bond motifs is 1. The van der Waals surface area contributed by atoms with E-state index in [1.165, 1.54) is 44.4 Å². The number of halogens is 4. The molecule has 9 nitrogen and oxygen atoms in total. The van der Waals surface area contributed by atoms with Crippen LogP contribution in [-0.2, 0) is 25.6 Å². The summed E-state index contributed by atoms with van der Waals surface area (Å²) in [5, 5.41) is 0.271. The van der Waals surface area contributed by atoms with E-state index in [-0.39, 0.29) is 29.5 Å². The number of methoxy groups -OCH3 is 3. The van der Waals surface area contributed by atoms with Crippen LogP contribution in [0.4, 0.5) is 18.9 Å². The van der Waals surface area contributed by atoms with Crippen LogP contribution >= 0.6 is 11.6 Å². The van der Waals surface area contributed by atoms with Crippen molar-refractivity contribution in [2.24, 2.45) is 0 Å². The fourth-order valence-corrected chi connectivity index (χ4v) is 4.98. The van der Waals surface area contributed by atoms with E-state index >= 15 is 0 Å². The van der Waals surface area contributed by atoms with Crippen LogP contribution in [0.3, 0.4) is 0 Å². The third-order valence-electron chi connectivity index (χ3n) is 6.61. The van der Waals surface area contributed by atoms with Gasteiger partial charge in [0, 0.05) is 27.8 Å². The number of amides is 1. The Morgan fingerprint density at radius 2 is 1.74 bits per heavy atom. The average Bonchev–Trinajstić information content (AvgIpc) is 3.06. The van der Waals surface area contributed by atoms with Crippen molar-refractivity contribution in [1.29, 1.82) is 0 Å². The van der Waals surface area contributed by atoms with Gasteiger partial charge in [0.1, 0.15) is 23.7 Å². The lowest BCUT2D eigenvalue weighted by molar-refractivity contribution is -0.275. The van der Waals surface area contributed by atoms with Crippen LogP contribution in [0, 0.1) is 0 Å². The summed E-state index contributed by atoms with van der Waals surface area (Å²) >= 11 is 6.39. The van der Waals surface area contributed by atoms with Crippen LogP contribution in [0.15, 0.2) is 54.6 Å². The van der Waals surface area contributed by atoms with Gasteiger partial charge in [-0.3, -0.25) is 9.59 Å². The second-order valence-corrected chi connectivity index (χ2v) is 9.68. The number of para-hydroxylation sites is 1. The van der Waals surface area contributed by atoms with Gasteiger partial charge in [0.15, 0.2) is 11.5 Å². The molecule has 0 N–H and O–H groups in total. The molecule has 4 rings (SSSR count). The Balaban J connectivity index is 1.91. The van der Waals surface area contributed by atoms with Gasteiger partial charge in [-0.2, -0.15) is 0 Å². The van der Waals surface area contributed by atoms with Gasteiger partial charge in [0.2, 0.25) is 0 Å². The number of alkyl halides is 3. The van der Waals surface area contributed by atoms with E-state index in [0.29, 0.717) is 28.3 Å². The van der Waals surface area contributed by atoms with E-state index in [1.807, 2.05) is 0 Å². The van der Waals surface area contributed by atoms with E-state index in [4.69, 9.17) is 35.3 Å². The summed E-state index contributed by atoms with van der Waals surface area (Å²) in [5.41, 5.74) is 1.39. The minimum Gasteiger partial charge on any atom is -0.497 e. The smallest absolute Gasteiger partial charge is 0.497 e. The lowest BCUT2D eigenvalue weighted by Crippen LogP contribution is -2.40. The van der Waals surface area contributed by atoms with Crippen molar-refractivity contribution in [1.82, 2.24) is 0 Å². The zero-order chi connectivity index (χ0) is 31.3. The molecule has 1 amide bonds. The van der Waals surface area contributed by atoms with Crippen molar-refractivity contribution in [3.05, 3.63) is 76.3 Å². The molecule has 0 saturated carbocycles. The highest BCUT2D eigenvalue weighted by Crippen LogP contribution is 2.46. The number of esters is 1. The average molecular weight is 624 g/mol. The van der Waals surface area contributed by atoms with E-state index in [0.717, 1.165) is 6.07 Å². The number of ether oxygens (including phenoxy) is 6. The standard InChI is InChI=1S/C30H29ClF3NO8/c1-5-41-26(36)15-25-29(37)35(16-17-9-11-19(38-2)14-24(17)39-3)22-12-10-18(31)13-21(22)27(42-25)20-7-6-8-23(28(20)40-4)43-30(32,33)34/h6-14,25,27H,5,15-16H2,1-4H3/t25-,27-/m1/s1. The largest absolute Gasteiger partial charge is 0.573 e. The van der Waals surface area contributed by atoms with E-state index in [2.05, 4.69) is 4.74 Å². The third-order valence-corrected chi connectivity index (χ3v) is 6.84. The Bertz CT molecular complexity index is 1480. The summed E-state index contributed by atoms with van der Waals surface area (Å²) in [5.74, 6) is -1.22. The predicted molar refractivity (Wildman–Crippen MR) is 150 cm³/mol. The van der Waals surface area contributed by atoms with Crippen molar-refractivity contribution in [2.75, 3.05) is 32.8 Å². The number of hydrogen-bond acceptors (Lipinski definition) is 8. The van der Waals surface area contributed by atoms with Crippen LogP contribution in [0.5, 0.6) is 23.0 Å². The minimum atomic E-state index is -5.01. The maximum atomic E-state index is 14.1. The Kier molecular flexibility index (Phi) is 9.92. The summed E-state index contributed by atoms with van der Waals surface area (Å²) in [6.45, 7) is 1.66. The van der Waals surface area contributed by atoms with Gasteiger partial charge in [-0.1, -0.05) is 23.7 Å². The molecule has 0 bridgehead atoms. The number of carbonyl (C=O) groups excluding carboxylic acids is 2. The lowest BCUT2D eigenvalue weighted by Gasteiger charge is -2.26. The summed E-state index contributed by atoms with van der Waals surface area (Å²) in [6.07, 6.45) is -8.10. The maximum absolute atomic E-state index is 14.1. The molecule has 43 heavy (non-hydrogen) atoms. The van der Waals surface area contributed by atoms with Crippen molar-refractivity contribution in [3.63, 3.8) is 0 Å². The topological polar surface area (TPSA) is 92.8 Å². The molecule has 2 atom stereocenters. The van der Waals surface area contributed by atoms with Crippen LogP contribution in [0.2, 0.25) is 5.02 Å². The van der Waals surface area contributed by atoms with Crippen LogP contribution in [0.25, 0.3) is 0 Å². The first-order chi connectivity index (χ1) is 20.5. The zero-order valence-corrected chi connectivity index (χ0v) is 24.5. The van der Waals surface area contributed by atoms with Crippen molar-refractivity contribution < 1.29 is 51.2 Å². The molecule has 1 aliphatic rings. The van der Waals surface area contributed by atoms with E-state index < -0.39 is 42.6 Å². The number of rotatable bonds is 10. The summed E-state index contributed by atoms with van der Waals surface area (Å²) < 4.78 is 71.5. The molecule has 13 heteroatoms. The highest BCUT2D eigenvalue weighted by Gasteiger charge is 2.40. The monoisotopic (exact) mass is 623 g/mol. The number of benzene rings is 3. The maximum Gasteiger partial charge on any atom is 0.573 e. The number of anilines is 1. The Morgan fingerprint density at radius 1 is 0.977 bits per heavy atom. The molecule has 0 aliphatic carbocycles. The van der Waals surface area contributed by atoms with Gasteiger partial charge >= 0.3 is 12.3 Å². The molecule has 0 fully saturated rings. The Hall–Kier alpha value is -4.16. The number of nitrogens with zero attached hydrogens (tertiary/aromatic N) is 1. The Morgan fingerprint density at radius 3 is 2.40 bits per heavy atom. The van der Waals surface area contributed by atoms with Gasteiger partial charge in [-0.05, 0) is 43.3 Å². The molecule has 1 heterocycles. The molecule has 0 radical (unpaired) electrons. The van der Waals surface area contributed by atoms with Gasteiger partial charge in [0.25, 0.3) is 5.91 Å². The second-order valence-electron chi connectivity index (χ2n) is 9.25. The molecule has 0 aromatic heterocycles. The normalized spacial score (nSPS) is 16.7. The van der Waals surface area contributed by atoms with E-state index in [1.54, 1.807) is 37.3 Å². The highest BCUT2D eigenvalue weighted by molar-refractivity contribution is 6.30. The van der Waals surface area contributed by atoms with Crippen molar-refractivity contribution >= 4 is 29.2 Å². The SMILES string of the molecule is CCOC(=O)C[C@H]1O[C@H](c2cccc(OC(F)(F)F)c2OC)c2cc(Cl)ccc2N(Cc2ccc(OC)cc2OC)C1=O. The predicted octanol–water partition coefficient (Wildman–Crippen LogP) is 6.24. The highest BCUT2D eigenvalue weighted by atomic mass is 35.5. The van der Waals surface area contributed by atoms with Crippen molar-refractivity contribution in [3.8, 4) is 23.0 Å². The van der Waals surface area contributed by atoms with Crippen LogP contribution in [0.1, 0.15) is 36.1 Å². The van der Waals surface area contributed by atoms with Crippen LogP contribution in [-0.4, -0.2) is 52.3 Å². The number of hydrogen-bond donors (Lipinski definition) is 0. The van der Waals surface area contributed by atoms with Gasteiger partial charge in [-0.15, -0.1) is 13.2 Å². The second kappa shape index (κ2) is 13.4. The first-order valence-electron chi connectivity index (χ1n) is 13.0. The first kappa shape index (κ1) is 31.8. The third kappa shape index (κ3) is 7.26. The van der Waals surface area contributed by atoms with Gasteiger partial charge < -0.3 is 33.3 Å². The number of carbonyl (C=O) groups is 2. The van der Waals surface area contributed by atoms with Gasteiger partial charge in [0.05, 0.1) is 46.6 Å².